The van der Waals surface area contributed by atoms with E-state index in [9.17, 15) is 15.3 Å². The second-order valence-corrected chi connectivity index (χ2v) is 9.85. The van der Waals surface area contributed by atoms with E-state index >= 15 is 0 Å². The van der Waals surface area contributed by atoms with E-state index in [1.807, 2.05) is 23.6 Å². The minimum absolute atomic E-state index is 0.0278. The zero-order valence-electron chi connectivity index (χ0n) is 18.8. The van der Waals surface area contributed by atoms with E-state index in [-0.39, 0.29) is 29.4 Å². The minimum Gasteiger partial charge on any atom is -0.463 e. The second-order valence-electron chi connectivity index (χ2n) is 7.91. The molecule has 1 aliphatic heterocycles. The minimum atomic E-state index is -0.663. The Morgan fingerprint density at radius 2 is 2.15 bits per heavy atom. The fourth-order valence-corrected chi connectivity index (χ4v) is 5.97. The summed E-state index contributed by atoms with van der Waals surface area (Å²) in [6.07, 6.45) is 5.17. The molecule has 0 fully saturated rings. The van der Waals surface area contributed by atoms with Crippen LogP contribution in [0.15, 0.2) is 51.4 Å². The average molecular weight is 493 g/mol. The van der Waals surface area contributed by atoms with Gasteiger partial charge in [0.15, 0.2) is 0 Å². The number of carbonyl (C=O) groups excluding carboxylic acids is 1. The van der Waals surface area contributed by atoms with Crippen molar-refractivity contribution in [2.75, 3.05) is 12.4 Å². The Morgan fingerprint density at radius 3 is 2.85 bits per heavy atom. The fourth-order valence-electron chi connectivity index (χ4n) is 4.21. The predicted octanol–water partition coefficient (Wildman–Crippen LogP) is 4.70. The van der Waals surface area contributed by atoms with Crippen LogP contribution in [0.25, 0.3) is 0 Å². The first kappa shape index (κ1) is 23.9. The quantitative estimate of drug-likeness (QED) is 0.350. The van der Waals surface area contributed by atoms with E-state index in [1.165, 1.54) is 23.1 Å². The van der Waals surface area contributed by atoms with Gasteiger partial charge >= 0.3 is 5.97 Å². The molecule has 0 saturated carbocycles. The molecule has 3 heterocycles. The van der Waals surface area contributed by atoms with Crippen LogP contribution in [0.2, 0.25) is 0 Å². The van der Waals surface area contributed by atoms with Crippen molar-refractivity contribution >= 4 is 29.1 Å². The zero-order valence-corrected chi connectivity index (χ0v) is 20.4. The summed E-state index contributed by atoms with van der Waals surface area (Å²) in [5.41, 5.74) is 9.25. The van der Waals surface area contributed by atoms with E-state index in [2.05, 4.69) is 12.1 Å². The topological polar surface area (TPSA) is 122 Å². The fraction of sp³-hybridized carbons (Fsp3) is 0.360. The van der Waals surface area contributed by atoms with Crippen molar-refractivity contribution in [2.24, 2.45) is 5.73 Å². The molecule has 0 radical (unpaired) electrons. The maximum absolute atomic E-state index is 13.0. The van der Waals surface area contributed by atoms with Crippen LogP contribution in [0.1, 0.15) is 53.8 Å². The van der Waals surface area contributed by atoms with E-state index in [1.54, 1.807) is 6.92 Å². The van der Waals surface area contributed by atoms with Crippen LogP contribution in [0.3, 0.4) is 0 Å². The lowest BCUT2D eigenvalue weighted by atomic mass is 9.87. The van der Waals surface area contributed by atoms with Gasteiger partial charge in [-0.25, -0.2) is 9.78 Å². The van der Waals surface area contributed by atoms with Crippen LogP contribution in [-0.2, 0) is 27.1 Å². The number of esters is 1. The number of nitrogens with zero attached hydrogens (tertiary/aromatic N) is 3. The Labute approximate surface area is 206 Å². The van der Waals surface area contributed by atoms with Gasteiger partial charge in [-0.2, -0.15) is 10.5 Å². The number of rotatable bonds is 6. The highest BCUT2D eigenvalue weighted by Crippen LogP contribution is 2.42. The number of nitrogens with two attached hydrogens (primary N) is 1. The second kappa shape index (κ2) is 10.8. The molecule has 174 valence electrons. The van der Waals surface area contributed by atoms with Crippen LogP contribution < -0.4 is 5.73 Å². The monoisotopic (exact) mass is 492 g/mol. The van der Waals surface area contributed by atoms with Crippen LogP contribution in [0.4, 0.5) is 0 Å². The highest BCUT2D eigenvalue weighted by atomic mass is 32.2. The van der Waals surface area contributed by atoms with Gasteiger partial charge in [0.1, 0.15) is 28.5 Å². The first-order chi connectivity index (χ1) is 16.6. The summed E-state index contributed by atoms with van der Waals surface area (Å²) in [4.78, 5) is 18.6. The molecule has 2 aromatic rings. The summed E-state index contributed by atoms with van der Waals surface area (Å²) in [6, 6.07) is 10.0. The highest BCUT2D eigenvalue weighted by Gasteiger charge is 2.38. The molecule has 2 aliphatic rings. The van der Waals surface area contributed by atoms with Gasteiger partial charge in [0.25, 0.3) is 0 Å². The Balaban J connectivity index is 1.72. The van der Waals surface area contributed by atoms with Crippen LogP contribution in [-0.4, -0.2) is 23.3 Å². The average Bonchev–Trinajstić information content (AvgIpc) is 3.27. The lowest BCUT2D eigenvalue weighted by molar-refractivity contribution is -0.139. The van der Waals surface area contributed by atoms with Crippen LogP contribution in [0, 0.1) is 22.7 Å². The molecule has 2 N–H and O–H groups in total. The third-order valence-electron chi connectivity index (χ3n) is 5.80. The van der Waals surface area contributed by atoms with Crippen molar-refractivity contribution in [1.29, 1.82) is 10.5 Å². The van der Waals surface area contributed by atoms with Gasteiger partial charge in [0.2, 0.25) is 5.88 Å². The Hall–Kier alpha value is -3.27. The summed E-state index contributed by atoms with van der Waals surface area (Å²) in [6.45, 7) is 1.91. The number of carbonyl (C=O) groups is 1. The standard InChI is InChI=1S/C25H24N4O3S2/c1-2-31-25(30)22-19(32-23(28)17(13-27)21(22)20-9-6-10-33-20)14-34-24-16(12-26)11-15-7-4-3-5-8-18(15)29-24/h6,9-11,21H,2-5,7-8,14,28H2,1H3/t21-/m0/s1. The predicted molar refractivity (Wildman–Crippen MR) is 130 cm³/mol. The first-order valence-electron chi connectivity index (χ1n) is 11.1. The Bertz CT molecular complexity index is 1240. The summed E-state index contributed by atoms with van der Waals surface area (Å²) in [7, 11) is 0. The number of thioether (sulfide) groups is 1. The molecular weight excluding hydrogens is 468 g/mol. The number of aromatic nitrogens is 1. The smallest absolute Gasteiger partial charge is 0.338 e. The molecule has 0 spiro atoms. The molecule has 0 unspecified atom stereocenters. The summed E-state index contributed by atoms with van der Waals surface area (Å²) < 4.78 is 11.1. The van der Waals surface area contributed by atoms with Gasteiger partial charge in [-0.3, -0.25) is 0 Å². The molecule has 4 rings (SSSR count). The number of fused-ring (bicyclic) bond motifs is 1. The van der Waals surface area contributed by atoms with Crippen molar-refractivity contribution in [3.63, 3.8) is 0 Å². The van der Waals surface area contributed by atoms with Crippen molar-refractivity contribution < 1.29 is 14.3 Å². The molecule has 0 aromatic carbocycles. The number of hydrogen-bond acceptors (Lipinski definition) is 9. The van der Waals surface area contributed by atoms with Crippen LogP contribution in [0.5, 0.6) is 0 Å². The number of thiophene rings is 1. The number of allylic oxidation sites excluding steroid dienone is 1. The summed E-state index contributed by atoms with van der Waals surface area (Å²) >= 11 is 2.75. The molecule has 9 heteroatoms. The van der Waals surface area contributed by atoms with E-state index in [4.69, 9.17) is 20.2 Å². The third kappa shape index (κ3) is 4.82. The van der Waals surface area contributed by atoms with Crippen molar-refractivity contribution in [1.82, 2.24) is 4.98 Å². The van der Waals surface area contributed by atoms with Gasteiger partial charge in [0, 0.05) is 10.6 Å². The van der Waals surface area contributed by atoms with Crippen molar-refractivity contribution in [2.45, 2.75) is 50.0 Å². The lowest BCUT2D eigenvalue weighted by Crippen LogP contribution is -2.26. The maximum Gasteiger partial charge on any atom is 0.338 e. The van der Waals surface area contributed by atoms with Gasteiger partial charge in [-0.1, -0.05) is 24.2 Å². The molecular formula is C25H24N4O3S2. The van der Waals surface area contributed by atoms with E-state index < -0.39 is 11.9 Å². The number of pyridine rings is 1. The first-order valence-corrected chi connectivity index (χ1v) is 13.0. The normalized spacial score (nSPS) is 17.8. The van der Waals surface area contributed by atoms with Crippen LogP contribution >= 0.6 is 23.1 Å². The molecule has 34 heavy (non-hydrogen) atoms. The maximum atomic E-state index is 13.0. The number of ether oxygens (including phenoxy) is 2. The third-order valence-corrected chi connectivity index (χ3v) is 7.72. The molecule has 0 saturated heterocycles. The molecule has 1 aliphatic carbocycles. The summed E-state index contributed by atoms with van der Waals surface area (Å²) in [5, 5.41) is 22.0. The SMILES string of the molecule is CCOC(=O)C1=C(CSc2nc3c(cc2C#N)CCCCC3)OC(N)=C(C#N)[C@H]1c1cccs1. The zero-order chi connectivity index (χ0) is 24.1. The Morgan fingerprint density at radius 1 is 1.32 bits per heavy atom. The summed E-state index contributed by atoms with van der Waals surface area (Å²) in [5.74, 6) is -0.703. The molecule has 2 aromatic heterocycles. The van der Waals surface area contributed by atoms with Gasteiger partial charge in [0.05, 0.1) is 29.4 Å². The molecule has 0 amide bonds. The molecule has 7 nitrogen and oxygen atoms in total. The van der Waals surface area contributed by atoms with Crippen molar-refractivity contribution in [3.05, 3.63) is 68.1 Å². The van der Waals surface area contributed by atoms with Gasteiger partial charge in [-0.15, -0.1) is 11.3 Å². The molecule has 1 atom stereocenters. The highest BCUT2D eigenvalue weighted by molar-refractivity contribution is 7.99. The van der Waals surface area contributed by atoms with E-state index in [0.29, 0.717) is 16.3 Å². The van der Waals surface area contributed by atoms with Gasteiger partial charge in [-0.05, 0) is 55.7 Å². The Kier molecular flexibility index (Phi) is 7.56. The van der Waals surface area contributed by atoms with Gasteiger partial charge < -0.3 is 15.2 Å². The largest absolute Gasteiger partial charge is 0.463 e. The van der Waals surface area contributed by atoms with E-state index in [0.717, 1.165) is 48.2 Å². The number of nitriles is 2. The van der Waals surface area contributed by atoms with Crippen molar-refractivity contribution in [3.8, 4) is 12.1 Å². The lowest BCUT2D eigenvalue weighted by Gasteiger charge is -2.27. The number of aryl methyl sites for hydroxylation is 2. The number of hydrogen-bond donors (Lipinski definition) is 1. The molecule has 0 bridgehead atoms.